The summed E-state index contributed by atoms with van der Waals surface area (Å²) in [7, 11) is 0. The minimum Gasteiger partial charge on any atom is -0.486 e. The van der Waals surface area contributed by atoms with Crippen LogP contribution in [-0.4, -0.2) is 32.1 Å². The number of nitrogens with zero attached hydrogens (tertiary/aromatic N) is 2. The molecule has 0 aliphatic carbocycles. The third-order valence-electron chi connectivity index (χ3n) is 4.59. The maximum Gasteiger partial charge on any atom is 0.490 e. The number of ether oxygens (including phenoxy) is 2. The minimum absolute atomic E-state index is 0.0917. The van der Waals surface area contributed by atoms with Gasteiger partial charge in [0.05, 0.1) is 22.9 Å². The number of nitrogens with one attached hydrogen (secondary N) is 1. The van der Waals surface area contributed by atoms with Gasteiger partial charge in [0, 0.05) is 0 Å². The maximum absolute atomic E-state index is 11.0. The predicted molar refractivity (Wildman–Crippen MR) is 126 cm³/mol. The van der Waals surface area contributed by atoms with Crippen LogP contribution < -0.4 is 15.2 Å². The smallest absolute Gasteiger partial charge is 0.486 e. The summed E-state index contributed by atoms with van der Waals surface area (Å²) < 4.78 is 43.1. The number of anilines is 1. The second-order valence-corrected chi connectivity index (χ2v) is 7.25. The topological polar surface area (TPSA) is 154 Å². The van der Waals surface area contributed by atoms with Crippen molar-refractivity contribution in [1.82, 2.24) is 9.97 Å². The van der Waals surface area contributed by atoms with Gasteiger partial charge >= 0.3 is 12.1 Å². The number of nitro groups is 1. The zero-order chi connectivity index (χ0) is 27.0. The number of hydrogen-bond donors (Lipinski definition) is 3. The number of hydrogen-bond acceptors (Lipinski definition) is 7. The van der Waals surface area contributed by atoms with E-state index in [1.165, 1.54) is 12.1 Å². The van der Waals surface area contributed by atoms with Crippen molar-refractivity contribution in [2.45, 2.75) is 12.8 Å². The van der Waals surface area contributed by atoms with Crippen LogP contribution in [0.1, 0.15) is 5.82 Å². The van der Waals surface area contributed by atoms with Crippen molar-refractivity contribution in [1.29, 1.82) is 0 Å². The Morgan fingerprint density at radius 3 is 2.24 bits per heavy atom. The Labute approximate surface area is 207 Å². The van der Waals surface area contributed by atoms with E-state index in [2.05, 4.69) is 9.97 Å². The second-order valence-electron chi connectivity index (χ2n) is 7.25. The Morgan fingerprint density at radius 2 is 1.65 bits per heavy atom. The Balaban J connectivity index is 0.000000479. The highest BCUT2D eigenvalue weighted by Gasteiger charge is 2.38. The third-order valence-corrected chi connectivity index (χ3v) is 4.59. The van der Waals surface area contributed by atoms with Gasteiger partial charge in [0.25, 0.3) is 5.69 Å². The van der Waals surface area contributed by atoms with Crippen LogP contribution >= 0.6 is 0 Å². The van der Waals surface area contributed by atoms with E-state index >= 15 is 0 Å². The quantitative estimate of drug-likeness (QED) is 0.164. The molecule has 0 atom stereocenters. The molecule has 4 aromatic rings. The summed E-state index contributed by atoms with van der Waals surface area (Å²) in [5.74, 6) is -0.383. The molecule has 1 aromatic heterocycles. The summed E-state index contributed by atoms with van der Waals surface area (Å²) in [4.78, 5) is 26.9. The fourth-order valence-corrected chi connectivity index (χ4v) is 2.83. The largest absolute Gasteiger partial charge is 0.490 e. The molecule has 0 aliphatic heterocycles. The number of carbonyl (C=O) groups is 1. The average Bonchev–Trinajstić information content (AvgIpc) is 3.34. The molecule has 13 heteroatoms. The van der Waals surface area contributed by atoms with E-state index < -0.39 is 17.1 Å². The second kappa shape index (κ2) is 11.6. The van der Waals surface area contributed by atoms with E-state index in [-0.39, 0.29) is 11.4 Å². The summed E-state index contributed by atoms with van der Waals surface area (Å²) in [5.41, 5.74) is 7.28. The molecule has 0 bridgehead atoms. The number of para-hydroxylation sites is 1. The molecule has 0 spiro atoms. The van der Waals surface area contributed by atoms with Gasteiger partial charge in [-0.05, 0) is 54.1 Å². The van der Waals surface area contributed by atoms with E-state index in [4.69, 9.17) is 25.1 Å². The van der Waals surface area contributed by atoms with Gasteiger partial charge in [-0.25, -0.2) is 9.78 Å². The van der Waals surface area contributed by atoms with Gasteiger partial charge in [-0.2, -0.15) is 13.2 Å². The SMILES string of the molecule is Nc1ccc(Oc2ccc(-c3cnc(COc4ccccc4)[nH]3)cc2)cc1[N+](=O)[O-].O=C(O)C(F)(F)F. The molecule has 0 radical (unpaired) electrons. The Morgan fingerprint density at radius 1 is 1.03 bits per heavy atom. The molecular formula is C24H19F3N4O6. The van der Waals surface area contributed by atoms with Gasteiger partial charge < -0.3 is 25.3 Å². The number of aliphatic carboxylic acids is 1. The number of nitrogen functional groups attached to an aromatic ring is 1. The fourth-order valence-electron chi connectivity index (χ4n) is 2.83. The highest BCUT2D eigenvalue weighted by atomic mass is 19.4. The van der Waals surface area contributed by atoms with Crippen LogP contribution in [-0.2, 0) is 11.4 Å². The molecule has 3 aromatic carbocycles. The van der Waals surface area contributed by atoms with Gasteiger partial charge in [-0.1, -0.05) is 18.2 Å². The van der Waals surface area contributed by atoms with Crippen molar-refractivity contribution in [2.75, 3.05) is 5.73 Å². The number of carboxylic acids is 1. The lowest BCUT2D eigenvalue weighted by Gasteiger charge is -2.07. The van der Waals surface area contributed by atoms with Crippen LogP contribution in [0.25, 0.3) is 11.3 Å². The lowest BCUT2D eigenvalue weighted by molar-refractivity contribution is -0.384. The first-order valence-corrected chi connectivity index (χ1v) is 10.4. The summed E-state index contributed by atoms with van der Waals surface area (Å²) >= 11 is 0. The highest BCUT2D eigenvalue weighted by molar-refractivity contribution is 5.73. The highest BCUT2D eigenvalue weighted by Crippen LogP contribution is 2.30. The maximum atomic E-state index is 11.0. The summed E-state index contributed by atoms with van der Waals surface area (Å²) in [6.07, 6.45) is -3.34. The lowest BCUT2D eigenvalue weighted by atomic mass is 10.1. The van der Waals surface area contributed by atoms with Gasteiger partial charge in [-0.3, -0.25) is 10.1 Å². The van der Waals surface area contributed by atoms with Crippen molar-refractivity contribution in [3.8, 4) is 28.5 Å². The molecule has 0 saturated heterocycles. The Kier molecular flexibility index (Phi) is 8.30. The zero-order valence-corrected chi connectivity index (χ0v) is 18.8. The summed E-state index contributed by atoms with van der Waals surface area (Å²) in [5, 5.41) is 18.1. The number of aromatic nitrogens is 2. The monoisotopic (exact) mass is 516 g/mol. The van der Waals surface area contributed by atoms with Gasteiger partial charge in [0.2, 0.25) is 0 Å². The van der Waals surface area contributed by atoms with Crippen molar-refractivity contribution in [2.24, 2.45) is 0 Å². The molecule has 4 rings (SSSR count). The van der Waals surface area contributed by atoms with Crippen LogP contribution in [0, 0.1) is 10.1 Å². The van der Waals surface area contributed by atoms with Crippen LogP contribution in [0.2, 0.25) is 0 Å². The molecule has 37 heavy (non-hydrogen) atoms. The number of halogens is 3. The number of benzene rings is 3. The zero-order valence-electron chi connectivity index (χ0n) is 18.8. The first-order valence-electron chi connectivity index (χ1n) is 10.4. The van der Waals surface area contributed by atoms with Crippen LogP contribution in [0.5, 0.6) is 17.2 Å². The molecular weight excluding hydrogens is 497 g/mol. The van der Waals surface area contributed by atoms with Crippen LogP contribution in [0.4, 0.5) is 24.5 Å². The normalized spacial score (nSPS) is 10.7. The van der Waals surface area contributed by atoms with Gasteiger partial charge in [0.1, 0.15) is 35.4 Å². The van der Waals surface area contributed by atoms with E-state index in [0.29, 0.717) is 23.9 Å². The molecule has 0 fully saturated rings. The van der Waals surface area contributed by atoms with E-state index in [1.807, 2.05) is 42.5 Å². The molecule has 0 aliphatic rings. The predicted octanol–water partition coefficient (Wildman–Crippen LogP) is 5.57. The van der Waals surface area contributed by atoms with Crippen molar-refractivity contribution in [3.63, 3.8) is 0 Å². The number of nitro benzene ring substituents is 1. The number of aromatic amines is 1. The Hall–Kier alpha value is -5.07. The number of imidazole rings is 1. The molecule has 1 heterocycles. The van der Waals surface area contributed by atoms with Crippen LogP contribution in [0.3, 0.4) is 0 Å². The first-order chi connectivity index (χ1) is 17.5. The van der Waals surface area contributed by atoms with Crippen molar-refractivity contribution < 1.29 is 37.5 Å². The van der Waals surface area contributed by atoms with Crippen LogP contribution in [0.15, 0.2) is 79.0 Å². The minimum atomic E-state index is -5.08. The number of carboxylic acid groups (broad SMARTS) is 1. The number of rotatable bonds is 7. The van der Waals surface area contributed by atoms with Gasteiger partial charge in [-0.15, -0.1) is 0 Å². The molecule has 192 valence electrons. The third kappa shape index (κ3) is 7.71. The molecule has 0 unspecified atom stereocenters. The number of alkyl halides is 3. The lowest BCUT2D eigenvalue weighted by Crippen LogP contribution is -2.21. The molecule has 4 N–H and O–H groups in total. The fraction of sp³-hybridized carbons (Fsp3) is 0.0833. The van der Waals surface area contributed by atoms with Crippen molar-refractivity contribution >= 4 is 17.3 Å². The number of H-pyrrole nitrogens is 1. The first kappa shape index (κ1) is 26.5. The van der Waals surface area contributed by atoms with E-state index in [9.17, 15) is 23.3 Å². The molecule has 0 saturated carbocycles. The summed E-state index contributed by atoms with van der Waals surface area (Å²) in [6.45, 7) is 0.334. The average molecular weight is 516 g/mol. The molecule has 0 amide bonds. The summed E-state index contributed by atoms with van der Waals surface area (Å²) in [6, 6.07) is 21.2. The molecule has 10 nitrogen and oxygen atoms in total. The standard InChI is InChI=1S/C22H18N4O4.C2HF3O2/c23-19-11-10-18(12-21(19)26(27)28)30-17-8-6-15(7-9-17)20-13-24-22(25-20)14-29-16-4-2-1-3-5-16;3-2(4,5)1(6)7/h1-13H,14,23H2,(H,24,25);(H,6,7). The van der Waals surface area contributed by atoms with E-state index in [0.717, 1.165) is 17.0 Å². The van der Waals surface area contributed by atoms with Gasteiger partial charge in [0.15, 0.2) is 0 Å². The van der Waals surface area contributed by atoms with Crippen molar-refractivity contribution in [3.05, 3.63) is 94.9 Å². The number of nitrogens with two attached hydrogens (primary N) is 1. The van der Waals surface area contributed by atoms with E-state index in [1.54, 1.807) is 24.4 Å². The Bertz CT molecular complexity index is 1360.